The van der Waals surface area contributed by atoms with Crippen LogP contribution in [0.3, 0.4) is 0 Å². The van der Waals surface area contributed by atoms with Gasteiger partial charge in [-0.05, 0) is 26.3 Å². The highest BCUT2D eigenvalue weighted by Gasteiger charge is 1.95. The minimum atomic E-state index is 0.527. The van der Waals surface area contributed by atoms with Crippen molar-refractivity contribution in [3.63, 3.8) is 0 Å². The van der Waals surface area contributed by atoms with Crippen molar-refractivity contribution < 1.29 is 4.74 Å². The molecule has 0 saturated heterocycles. The molecule has 0 saturated carbocycles. The van der Waals surface area contributed by atoms with Gasteiger partial charge in [0.2, 0.25) is 5.88 Å². The van der Waals surface area contributed by atoms with Crippen LogP contribution in [0, 0.1) is 6.92 Å². The average molecular weight is 204 g/mol. The second-order valence-electron chi connectivity index (χ2n) is 3.21. The van der Waals surface area contributed by atoms with E-state index in [-0.39, 0.29) is 0 Å². The molecule has 1 aromatic heterocycles. The van der Waals surface area contributed by atoms with Gasteiger partial charge in [-0.3, -0.25) is 4.98 Å². The second kappa shape index (κ2) is 5.96. The Kier molecular flexibility index (Phi) is 4.54. The highest BCUT2D eigenvalue weighted by Crippen LogP contribution is 2.08. The minimum Gasteiger partial charge on any atom is -0.442 e. The van der Waals surface area contributed by atoms with Crippen molar-refractivity contribution in [1.29, 1.82) is 0 Å². The van der Waals surface area contributed by atoms with Crippen LogP contribution < -0.4 is 4.74 Å². The number of aryl methyl sites for hydroxylation is 1. The van der Waals surface area contributed by atoms with Crippen molar-refractivity contribution in [2.45, 2.75) is 27.2 Å². The Morgan fingerprint density at radius 3 is 2.80 bits per heavy atom. The molecule has 0 atom stereocenters. The Hall–Kier alpha value is -1.64. The van der Waals surface area contributed by atoms with Gasteiger partial charge in [-0.25, -0.2) is 4.98 Å². The summed E-state index contributed by atoms with van der Waals surface area (Å²) in [5, 5.41) is 0. The summed E-state index contributed by atoms with van der Waals surface area (Å²) in [4.78, 5) is 8.19. The summed E-state index contributed by atoms with van der Waals surface area (Å²) in [5.74, 6) is 1.33. The van der Waals surface area contributed by atoms with E-state index in [4.69, 9.17) is 4.74 Å². The first kappa shape index (κ1) is 11.4. The molecule has 1 aromatic rings. The molecule has 0 aromatic carbocycles. The maximum atomic E-state index is 5.45. The largest absolute Gasteiger partial charge is 0.442 e. The van der Waals surface area contributed by atoms with Gasteiger partial charge in [0.1, 0.15) is 5.76 Å². The van der Waals surface area contributed by atoms with Crippen LogP contribution in [0.2, 0.25) is 0 Å². The molecule has 3 nitrogen and oxygen atoms in total. The van der Waals surface area contributed by atoms with Crippen molar-refractivity contribution in [3.8, 4) is 5.88 Å². The molecule has 0 fully saturated rings. The molecule has 0 unspecified atom stereocenters. The van der Waals surface area contributed by atoms with Crippen LogP contribution in [0.4, 0.5) is 0 Å². The number of ether oxygens (including phenoxy) is 1. The van der Waals surface area contributed by atoms with Gasteiger partial charge >= 0.3 is 0 Å². The Morgan fingerprint density at radius 1 is 1.40 bits per heavy atom. The zero-order valence-corrected chi connectivity index (χ0v) is 9.40. The fourth-order valence-corrected chi connectivity index (χ4v) is 0.972. The highest BCUT2D eigenvalue weighted by atomic mass is 16.5. The van der Waals surface area contributed by atoms with Gasteiger partial charge in [0.05, 0.1) is 18.1 Å². The normalized spacial score (nSPS) is 12.1. The molecule has 0 bridgehead atoms. The van der Waals surface area contributed by atoms with E-state index in [0.717, 1.165) is 17.9 Å². The number of hydrogen-bond donors (Lipinski definition) is 0. The van der Waals surface area contributed by atoms with Gasteiger partial charge in [0.25, 0.3) is 0 Å². The maximum Gasteiger partial charge on any atom is 0.237 e. The van der Waals surface area contributed by atoms with Gasteiger partial charge in [0.15, 0.2) is 0 Å². The van der Waals surface area contributed by atoms with Crippen LogP contribution in [0.5, 0.6) is 5.88 Å². The molecule has 15 heavy (non-hydrogen) atoms. The molecular formula is C12H16N2O. The topological polar surface area (TPSA) is 35.0 Å². The van der Waals surface area contributed by atoms with E-state index in [1.54, 1.807) is 12.4 Å². The first-order valence-corrected chi connectivity index (χ1v) is 5.02. The molecule has 0 spiro atoms. The lowest BCUT2D eigenvalue weighted by molar-refractivity contribution is 0.408. The van der Waals surface area contributed by atoms with E-state index in [9.17, 15) is 0 Å². The third-order valence-corrected chi connectivity index (χ3v) is 1.73. The van der Waals surface area contributed by atoms with Crippen LogP contribution in [-0.4, -0.2) is 9.97 Å². The van der Waals surface area contributed by atoms with Crippen LogP contribution in [0.15, 0.2) is 36.4 Å². The van der Waals surface area contributed by atoms with E-state index in [1.165, 1.54) is 0 Å². The Balaban J connectivity index is 2.58. The molecule has 0 aliphatic heterocycles. The number of hydrogen-bond acceptors (Lipinski definition) is 3. The summed E-state index contributed by atoms with van der Waals surface area (Å²) in [6, 6.07) is 0. The predicted molar refractivity (Wildman–Crippen MR) is 60.6 cm³/mol. The Morgan fingerprint density at radius 2 is 2.20 bits per heavy atom. The lowest BCUT2D eigenvalue weighted by Gasteiger charge is -2.02. The van der Waals surface area contributed by atoms with Crippen LogP contribution in [0.1, 0.15) is 26.0 Å². The van der Waals surface area contributed by atoms with Gasteiger partial charge < -0.3 is 4.74 Å². The number of aromatic nitrogens is 2. The molecule has 0 amide bonds. The van der Waals surface area contributed by atoms with Gasteiger partial charge in [-0.2, -0.15) is 0 Å². The van der Waals surface area contributed by atoms with E-state index in [1.807, 2.05) is 26.0 Å². The van der Waals surface area contributed by atoms with E-state index < -0.39 is 0 Å². The van der Waals surface area contributed by atoms with Crippen LogP contribution in [-0.2, 0) is 0 Å². The van der Waals surface area contributed by atoms with Crippen LogP contribution >= 0.6 is 0 Å². The summed E-state index contributed by atoms with van der Waals surface area (Å²) in [5.41, 5.74) is 0.884. The van der Waals surface area contributed by atoms with E-state index in [0.29, 0.717) is 5.88 Å². The fourth-order valence-electron chi connectivity index (χ4n) is 0.972. The summed E-state index contributed by atoms with van der Waals surface area (Å²) in [7, 11) is 0. The quantitative estimate of drug-likeness (QED) is 0.558. The van der Waals surface area contributed by atoms with Crippen molar-refractivity contribution in [1.82, 2.24) is 9.97 Å². The van der Waals surface area contributed by atoms with Crippen molar-refractivity contribution in [2.75, 3.05) is 0 Å². The van der Waals surface area contributed by atoms with E-state index >= 15 is 0 Å². The lowest BCUT2D eigenvalue weighted by atomic mass is 10.4. The minimum absolute atomic E-state index is 0.527. The molecule has 0 N–H and O–H groups in total. The fraction of sp³-hybridized carbons (Fsp3) is 0.333. The first-order valence-electron chi connectivity index (χ1n) is 5.02. The molecule has 1 heterocycles. The zero-order chi connectivity index (χ0) is 11.1. The SMILES string of the molecule is CC/C=C\C=C(/C)Oc1cnc(C)cn1. The monoisotopic (exact) mass is 204 g/mol. The lowest BCUT2D eigenvalue weighted by Crippen LogP contribution is -1.94. The first-order chi connectivity index (χ1) is 7.22. The zero-order valence-electron chi connectivity index (χ0n) is 9.40. The molecule has 0 radical (unpaired) electrons. The molecule has 0 aliphatic carbocycles. The van der Waals surface area contributed by atoms with Gasteiger partial charge in [-0.1, -0.05) is 19.1 Å². The third-order valence-electron chi connectivity index (χ3n) is 1.73. The van der Waals surface area contributed by atoms with Gasteiger partial charge in [0, 0.05) is 0 Å². The molecule has 3 heteroatoms. The van der Waals surface area contributed by atoms with Crippen molar-refractivity contribution in [2.24, 2.45) is 0 Å². The summed E-state index contributed by atoms with van der Waals surface area (Å²) < 4.78 is 5.45. The number of nitrogens with zero attached hydrogens (tertiary/aromatic N) is 2. The molecule has 0 aliphatic rings. The standard InChI is InChI=1S/C12H16N2O/c1-4-5-6-7-11(3)15-12-9-13-10(2)8-14-12/h5-9H,4H2,1-3H3/b6-5-,11-7+. The molecule has 1 rings (SSSR count). The van der Waals surface area contributed by atoms with Crippen LogP contribution in [0.25, 0.3) is 0 Å². The average Bonchev–Trinajstić information content (AvgIpc) is 2.22. The summed E-state index contributed by atoms with van der Waals surface area (Å²) in [6.07, 6.45) is 10.3. The summed E-state index contributed by atoms with van der Waals surface area (Å²) in [6.45, 7) is 5.87. The smallest absolute Gasteiger partial charge is 0.237 e. The number of rotatable bonds is 4. The number of allylic oxidation sites excluding steroid dienone is 4. The third kappa shape index (κ3) is 4.40. The van der Waals surface area contributed by atoms with Crippen molar-refractivity contribution >= 4 is 0 Å². The maximum absolute atomic E-state index is 5.45. The van der Waals surface area contributed by atoms with Crippen molar-refractivity contribution in [3.05, 3.63) is 42.1 Å². The molecule has 80 valence electrons. The van der Waals surface area contributed by atoms with Gasteiger partial charge in [-0.15, -0.1) is 0 Å². The Bertz CT molecular complexity index is 352. The molecular weight excluding hydrogens is 188 g/mol. The highest BCUT2D eigenvalue weighted by molar-refractivity contribution is 5.13. The Labute approximate surface area is 90.5 Å². The predicted octanol–water partition coefficient (Wildman–Crippen LogP) is 3.03. The second-order valence-corrected chi connectivity index (χ2v) is 3.21. The summed E-state index contributed by atoms with van der Waals surface area (Å²) >= 11 is 0. The van der Waals surface area contributed by atoms with E-state index in [2.05, 4.69) is 23.0 Å².